The lowest BCUT2D eigenvalue weighted by molar-refractivity contribution is 0.0871. The molecule has 1 aromatic carbocycles. The number of rotatable bonds is 3. The number of carbonyl (C=O) groups is 1. The van der Waals surface area contributed by atoms with Crippen molar-refractivity contribution in [1.29, 1.82) is 0 Å². The minimum atomic E-state index is 0.00681. The van der Waals surface area contributed by atoms with Crippen LogP contribution >= 0.6 is 11.6 Å². The molecule has 2 unspecified atom stereocenters. The molecule has 19 heavy (non-hydrogen) atoms. The Morgan fingerprint density at radius 3 is 2.89 bits per heavy atom. The third kappa shape index (κ3) is 2.56. The van der Waals surface area contributed by atoms with Crippen LogP contribution < -0.4 is 5.73 Å². The van der Waals surface area contributed by atoms with Gasteiger partial charge in [-0.2, -0.15) is 0 Å². The fraction of sp³-hybridized carbons (Fsp3) is 0.562. The van der Waals surface area contributed by atoms with Crippen molar-refractivity contribution in [3.63, 3.8) is 0 Å². The average Bonchev–Trinajstić information content (AvgIpc) is 2.59. The minimum absolute atomic E-state index is 0.00681. The summed E-state index contributed by atoms with van der Waals surface area (Å²) in [6.45, 7) is 0. The van der Waals surface area contributed by atoms with Gasteiger partial charge < -0.3 is 5.73 Å². The summed E-state index contributed by atoms with van der Waals surface area (Å²) < 4.78 is 0. The Kier molecular flexibility index (Phi) is 3.18. The van der Waals surface area contributed by atoms with Crippen LogP contribution in [0.15, 0.2) is 24.3 Å². The van der Waals surface area contributed by atoms with Gasteiger partial charge in [0.1, 0.15) is 0 Å². The lowest BCUT2D eigenvalue weighted by Gasteiger charge is -2.37. The van der Waals surface area contributed by atoms with Gasteiger partial charge in [-0.05, 0) is 49.7 Å². The summed E-state index contributed by atoms with van der Waals surface area (Å²) in [5.41, 5.74) is 7.30. The number of Topliss-reactive ketones (excluding diaryl/α,β-unsaturated/α-hetero) is 1. The number of halogens is 1. The highest BCUT2D eigenvalue weighted by atomic mass is 35.5. The number of fused-ring (bicyclic) bond motifs is 2. The third-order valence-electron chi connectivity index (χ3n) is 4.94. The molecular formula is C16H20ClNO. The van der Waals surface area contributed by atoms with E-state index >= 15 is 0 Å². The van der Waals surface area contributed by atoms with Gasteiger partial charge in [0.2, 0.25) is 0 Å². The molecule has 2 fully saturated rings. The molecule has 0 amide bonds. The fourth-order valence-electron chi connectivity index (χ4n) is 4.02. The largest absolute Gasteiger partial charge is 0.325 e. The lowest BCUT2D eigenvalue weighted by atomic mass is 9.70. The fourth-order valence-corrected chi connectivity index (χ4v) is 4.21. The zero-order chi connectivity index (χ0) is 13.5. The van der Waals surface area contributed by atoms with Crippen LogP contribution in [0.1, 0.15) is 55.3 Å². The van der Waals surface area contributed by atoms with Crippen LogP contribution in [0.3, 0.4) is 0 Å². The highest BCUT2D eigenvalue weighted by Gasteiger charge is 2.49. The van der Waals surface area contributed by atoms with E-state index in [-0.39, 0.29) is 16.7 Å². The van der Waals surface area contributed by atoms with E-state index in [4.69, 9.17) is 17.3 Å². The second kappa shape index (κ2) is 4.60. The van der Waals surface area contributed by atoms with Crippen LogP contribution in [-0.4, -0.2) is 11.3 Å². The smallest absolute Gasteiger partial charge is 0.163 e. The van der Waals surface area contributed by atoms with E-state index in [9.17, 15) is 4.79 Å². The monoisotopic (exact) mass is 277 g/mol. The summed E-state index contributed by atoms with van der Waals surface area (Å²) >= 11 is 5.96. The average molecular weight is 278 g/mol. The van der Waals surface area contributed by atoms with Crippen molar-refractivity contribution in [2.75, 3.05) is 0 Å². The van der Waals surface area contributed by atoms with E-state index in [0.717, 1.165) is 37.7 Å². The summed E-state index contributed by atoms with van der Waals surface area (Å²) in [7, 11) is 0. The molecule has 2 aliphatic carbocycles. The maximum absolute atomic E-state index is 12.5. The molecule has 1 aromatic rings. The van der Waals surface area contributed by atoms with Gasteiger partial charge in [0.15, 0.2) is 5.78 Å². The molecule has 2 N–H and O–H groups in total. The zero-order valence-corrected chi connectivity index (χ0v) is 11.9. The van der Waals surface area contributed by atoms with Crippen LogP contribution in [0.25, 0.3) is 0 Å². The predicted molar refractivity (Wildman–Crippen MR) is 77.5 cm³/mol. The first kappa shape index (κ1) is 13.1. The van der Waals surface area contributed by atoms with Gasteiger partial charge in [-0.1, -0.05) is 30.2 Å². The van der Waals surface area contributed by atoms with E-state index < -0.39 is 0 Å². The Labute approximate surface area is 119 Å². The van der Waals surface area contributed by atoms with Crippen molar-refractivity contribution in [2.45, 2.75) is 50.5 Å². The van der Waals surface area contributed by atoms with Crippen molar-refractivity contribution in [3.05, 3.63) is 34.9 Å². The molecule has 3 rings (SSSR count). The normalized spacial score (nSPS) is 33.4. The van der Waals surface area contributed by atoms with Gasteiger partial charge in [-0.3, -0.25) is 4.79 Å². The van der Waals surface area contributed by atoms with E-state index in [2.05, 4.69) is 0 Å². The molecule has 3 heteroatoms. The minimum Gasteiger partial charge on any atom is -0.325 e. The number of hydrogen-bond acceptors (Lipinski definition) is 2. The highest BCUT2D eigenvalue weighted by molar-refractivity contribution is 6.31. The summed E-state index contributed by atoms with van der Waals surface area (Å²) in [5.74, 6) is 0.216. The van der Waals surface area contributed by atoms with E-state index in [0.29, 0.717) is 11.4 Å². The Hall–Kier alpha value is -0.860. The van der Waals surface area contributed by atoms with Gasteiger partial charge in [0, 0.05) is 22.5 Å². The molecule has 2 nitrogen and oxygen atoms in total. The molecule has 2 bridgehead atoms. The quantitative estimate of drug-likeness (QED) is 0.850. The molecule has 0 aromatic heterocycles. The standard InChI is InChI=1S/C16H20ClNO/c17-13-4-1-3-12(9-13)14(19)10-15-5-2-6-16(18,11-15)8-7-15/h1,3-4,9H,2,5-8,10-11,18H2. The Bertz CT molecular complexity index is 515. The van der Waals surface area contributed by atoms with Gasteiger partial charge in [0.25, 0.3) is 0 Å². The maximum atomic E-state index is 12.5. The van der Waals surface area contributed by atoms with Crippen LogP contribution in [0, 0.1) is 5.41 Å². The molecule has 0 heterocycles. The summed E-state index contributed by atoms with van der Waals surface area (Å²) in [4.78, 5) is 12.5. The van der Waals surface area contributed by atoms with Crippen LogP contribution in [-0.2, 0) is 0 Å². The number of benzene rings is 1. The Morgan fingerprint density at radius 1 is 1.26 bits per heavy atom. The Balaban J connectivity index is 1.77. The molecule has 102 valence electrons. The third-order valence-corrected chi connectivity index (χ3v) is 5.18. The topological polar surface area (TPSA) is 43.1 Å². The number of hydrogen-bond donors (Lipinski definition) is 1. The molecule has 2 saturated carbocycles. The molecule has 2 atom stereocenters. The lowest BCUT2D eigenvalue weighted by Crippen LogP contribution is -2.41. The summed E-state index contributed by atoms with van der Waals surface area (Å²) in [6.07, 6.45) is 7.28. The second-order valence-corrected chi connectivity index (χ2v) is 6.94. The molecule has 0 saturated heterocycles. The molecule has 0 aliphatic heterocycles. The number of carbonyl (C=O) groups excluding carboxylic acids is 1. The zero-order valence-electron chi connectivity index (χ0n) is 11.1. The maximum Gasteiger partial charge on any atom is 0.163 e. The Morgan fingerprint density at radius 2 is 2.11 bits per heavy atom. The first-order chi connectivity index (χ1) is 9.00. The number of nitrogens with two attached hydrogens (primary N) is 1. The second-order valence-electron chi connectivity index (χ2n) is 6.50. The van der Waals surface area contributed by atoms with Crippen molar-refractivity contribution in [2.24, 2.45) is 11.1 Å². The molecule has 2 aliphatic rings. The van der Waals surface area contributed by atoms with Crippen molar-refractivity contribution in [3.8, 4) is 0 Å². The van der Waals surface area contributed by atoms with Crippen molar-refractivity contribution in [1.82, 2.24) is 0 Å². The van der Waals surface area contributed by atoms with Gasteiger partial charge >= 0.3 is 0 Å². The van der Waals surface area contributed by atoms with Gasteiger partial charge in [-0.25, -0.2) is 0 Å². The van der Waals surface area contributed by atoms with Crippen molar-refractivity contribution >= 4 is 17.4 Å². The van der Waals surface area contributed by atoms with Gasteiger partial charge in [-0.15, -0.1) is 0 Å². The predicted octanol–water partition coefficient (Wildman–Crippen LogP) is 3.96. The molecule has 0 spiro atoms. The van der Waals surface area contributed by atoms with Gasteiger partial charge in [0.05, 0.1) is 0 Å². The van der Waals surface area contributed by atoms with Crippen LogP contribution in [0.5, 0.6) is 0 Å². The first-order valence-electron chi connectivity index (χ1n) is 7.08. The van der Waals surface area contributed by atoms with Crippen molar-refractivity contribution < 1.29 is 4.79 Å². The van der Waals surface area contributed by atoms with Crippen LogP contribution in [0.4, 0.5) is 0 Å². The summed E-state index contributed by atoms with van der Waals surface area (Å²) in [6, 6.07) is 7.28. The highest BCUT2D eigenvalue weighted by Crippen LogP contribution is 2.54. The molecular weight excluding hydrogens is 258 g/mol. The van der Waals surface area contributed by atoms with Crippen LogP contribution in [0.2, 0.25) is 5.02 Å². The summed E-state index contributed by atoms with van der Waals surface area (Å²) in [5, 5.41) is 0.631. The first-order valence-corrected chi connectivity index (χ1v) is 7.46. The SMILES string of the molecule is NC12CCCC(CC(=O)c3cccc(Cl)c3)(CC1)C2. The van der Waals surface area contributed by atoms with E-state index in [1.54, 1.807) is 12.1 Å². The number of ketones is 1. The van der Waals surface area contributed by atoms with E-state index in [1.165, 1.54) is 6.42 Å². The van der Waals surface area contributed by atoms with E-state index in [1.807, 2.05) is 12.1 Å². The molecule has 0 radical (unpaired) electrons.